The average molecular weight is 395 g/mol. The van der Waals surface area contributed by atoms with Gasteiger partial charge in [0, 0.05) is 22.9 Å². The maximum atomic E-state index is 12.3. The zero-order chi connectivity index (χ0) is 20.4. The number of nitrogens with one attached hydrogen (secondary N) is 3. The second-order valence-corrected chi connectivity index (χ2v) is 7.08. The highest BCUT2D eigenvalue weighted by atomic mass is 16.7. The summed E-state index contributed by atoms with van der Waals surface area (Å²) in [6.07, 6.45) is 2.01. The highest BCUT2D eigenvalue weighted by molar-refractivity contribution is 6.01. The number of carbonyl (C=O) groups excluding carboxylic acids is 3. The van der Waals surface area contributed by atoms with Gasteiger partial charge in [-0.05, 0) is 55.7 Å². The molecule has 0 unspecified atom stereocenters. The van der Waals surface area contributed by atoms with Crippen LogP contribution in [-0.4, -0.2) is 37.1 Å². The number of hydrogen-bond donors (Lipinski definition) is 3. The summed E-state index contributed by atoms with van der Waals surface area (Å²) in [7, 11) is 0. The number of benzene rings is 2. The molecule has 29 heavy (non-hydrogen) atoms. The average Bonchev–Trinajstić information content (AvgIpc) is 3.40. The lowest BCUT2D eigenvalue weighted by molar-refractivity contribution is -0.115. The zero-order valence-corrected chi connectivity index (χ0v) is 15.9. The summed E-state index contributed by atoms with van der Waals surface area (Å²) in [5.74, 6) is 0.146. The number of carbonyl (C=O) groups is 3. The van der Waals surface area contributed by atoms with Crippen LogP contribution in [0.4, 0.5) is 5.69 Å². The van der Waals surface area contributed by atoms with E-state index in [-0.39, 0.29) is 31.2 Å². The third-order valence-electron chi connectivity index (χ3n) is 4.73. The summed E-state index contributed by atoms with van der Waals surface area (Å²) >= 11 is 0. The van der Waals surface area contributed by atoms with E-state index < -0.39 is 5.91 Å². The Morgan fingerprint density at radius 2 is 1.69 bits per heavy atom. The lowest BCUT2D eigenvalue weighted by Gasteiger charge is -2.11. The Morgan fingerprint density at radius 1 is 0.966 bits per heavy atom. The summed E-state index contributed by atoms with van der Waals surface area (Å²) in [5, 5.41) is 8.24. The predicted molar refractivity (Wildman–Crippen MR) is 105 cm³/mol. The molecule has 2 aromatic carbocycles. The largest absolute Gasteiger partial charge is 0.454 e. The molecule has 1 aliphatic heterocycles. The Bertz CT molecular complexity index is 984. The van der Waals surface area contributed by atoms with Gasteiger partial charge in [0.2, 0.25) is 12.7 Å². The van der Waals surface area contributed by atoms with Gasteiger partial charge in [0.1, 0.15) is 0 Å². The van der Waals surface area contributed by atoms with Crippen molar-refractivity contribution < 1.29 is 23.9 Å². The fraction of sp³-hybridized carbons (Fsp3) is 0.286. The molecule has 0 atom stereocenters. The molecule has 0 spiro atoms. The molecule has 150 valence electrons. The molecule has 2 aliphatic rings. The molecule has 1 aliphatic carbocycles. The van der Waals surface area contributed by atoms with Crippen LogP contribution in [-0.2, 0) is 4.79 Å². The summed E-state index contributed by atoms with van der Waals surface area (Å²) < 4.78 is 10.5. The lowest BCUT2D eigenvalue weighted by atomic mass is 10.1. The van der Waals surface area contributed by atoms with E-state index in [1.165, 1.54) is 0 Å². The van der Waals surface area contributed by atoms with E-state index in [0.29, 0.717) is 28.3 Å². The molecule has 0 radical (unpaired) electrons. The first-order valence-electron chi connectivity index (χ1n) is 9.39. The zero-order valence-electron chi connectivity index (χ0n) is 15.9. The molecule has 1 saturated carbocycles. The number of anilines is 1. The van der Waals surface area contributed by atoms with Crippen molar-refractivity contribution in [2.75, 3.05) is 18.7 Å². The number of amides is 3. The minimum Gasteiger partial charge on any atom is -0.454 e. The Labute approximate surface area is 167 Å². The normalized spacial score (nSPS) is 14.2. The van der Waals surface area contributed by atoms with Crippen LogP contribution < -0.4 is 25.4 Å². The molecule has 8 nitrogen and oxygen atoms in total. The van der Waals surface area contributed by atoms with E-state index in [4.69, 9.17) is 9.47 Å². The third-order valence-corrected chi connectivity index (χ3v) is 4.73. The molecule has 3 N–H and O–H groups in total. The van der Waals surface area contributed by atoms with Gasteiger partial charge in [-0.3, -0.25) is 14.4 Å². The second-order valence-electron chi connectivity index (χ2n) is 7.08. The molecular formula is C21H21N3O5. The molecule has 0 bridgehead atoms. The monoisotopic (exact) mass is 395 g/mol. The van der Waals surface area contributed by atoms with E-state index in [1.807, 2.05) is 6.92 Å². The summed E-state index contributed by atoms with van der Waals surface area (Å²) in [6.45, 7) is 1.76. The Kier molecular flexibility index (Phi) is 5.07. The van der Waals surface area contributed by atoms with E-state index in [9.17, 15) is 14.4 Å². The van der Waals surface area contributed by atoms with Crippen LogP contribution in [0.5, 0.6) is 11.5 Å². The van der Waals surface area contributed by atoms with Gasteiger partial charge in [0.25, 0.3) is 11.8 Å². The molecule has 0 aromatic heterocycles. The van der Waals surface area contributed by atoms with Crippen molar-refractivity contribution in [3.05, 3.63) is 53.1 Å². The second kappa shape index (κ2) is 7.83. The molecule has 1 heterocycles. The van der Waals surface area contributed by atoms with Gasteiger partial charge < -0.3 is 25.4 Å². The van der Waals surface area contributed by atoms with Gasteiger partial charge in [-0.25, -0.2) is 0 Å². The molecule has 8 heteroatoms. The third kappa shape index (κ3) is 4.48. The number of ether oxygens (including phenoxy) is 2. The Morgan fingerprint density at radius 3 is 2.48 bits per heavy atom. The highest BCUT2D eigenvalue weighted by Gasteiger charge is 2.24. The maximum absolute atomic E-state index is 12.3. The smallest absolute Gasteiger partial charge is 0.251 e. The molecule has 3 amide bonds. The number of fused-ring (bicyclic) bond motifs is 1. The molecule has 4 rings (SSSR count). The highest BCUT2D eigenvalue weighted by Crippen LogP contribution is 2.32. The van der Waals surface area contributed by atoms with Crippen LogP contribution in [0.3, 0.4) is 0 Å². The first-order valence-corrected chi connectivity index (χ1v) is 9.39. The standard InChI is InChI=1S/C21H21N3O5/c1-12-2-3-13(21(27)23-15-5-6-15)8-16(12)24-19(25)10-22-20(26)14-4-7-17-18(9-14)29-11-28-17/h2-4,7-9,15H,5-6,10-11H2,1H3,(H,22,26)(H,23,27)(H,24,25). The Balaban J connectivity index is 1.34. The van der Waals surface area contributed by atoms with Crippen LogP contribution in [0.25, 0.3) is 0 Å². The minimum atomic E-state index is -0.396. The van der Waals surface area contributed by atoms with E-state index in [1.54, 1.807) is 36.4 Å². The summed E-state index contributed by atoms with van der Waals surface area (Å²) in [5.41, 5.74) is 2.22. The van der Waals surface area contributed by atoms with Crippen molar-refractivity contribution in [2.45, 2.75) is 25.8 Å². The van der Waals surface area contributed by atoms with Crippen molar-refractivity contribution in [3.63, 3.8) is 0 Å². The minimum absolute atomic E-state index is 0.125. The van der Waals surface area contributed by atoms with Crippen molar-refractivity contribution in [1.82, 2.24) is 10.6 Å². The topological polar surface area (TPSA) is 106 Å². The van der Waals surface area contributed by atoms with Gasteiger partial charge in [0.05, 0.1) is 6.54 Å². The number of aryl methyl sites for hydroxylation is 1. The van der Waals surface area contributed by atoms with E-state index >= 15 is 0 Å². The van der Waals surface area contributed by atoms with Crippen LogP contribution in [0.15, 0.2) is 36.4 Å². The number of hydrogen-bond acceptors (Lipinski definition) is 5. The van der Waals surface area contributed by atoms with Crippen LogP contribution in [0, 0.1) is 6.92 Å². The number of rotatable bonds is 6. The van der Waals surface area contributed by atoms with Crippen molar-refractivity contribution >= 4 is 23.4 Å². The predicted octanol–water partition coefficient (Wildman–Crippen LogP) is 1.98. The van der Waals surface area contributed by atoms with Gasteiger partial charge in [-0.1, -0.05) is 6.07 Å². The maximum Gasteiger partial charge on any atom is 0.251 e. The molecule has 1 fully saturated rings. The first-order chi connectivity index (χ1) is 14.0. The SMILES string of the molecule is Cc1ccc(C(=O)NC2CC2)cc1NC(=O)CNC(=O)c1ccc2c(c1)OCO2. The van der Waals surface area contributed by atoms with Gasteiger partial charge in [-0.2, -0.15) is 0 Å². The molecule has 0 saturated heterocycles. The van der Waals surface area contributed by atoms with Crippen molar-refractivity contribution in [3.8, 4) is 11.5 Å². The fourth-order valence-electron chi connectivity index (χ4n) is 2.89. The quantitative estimate of drug-likeness (QED) is 0.694. The summed E-state index contributed by atoms with van der Waals surface area (Å²) in [6, 6.07) is 10.2. The Hall–Kier alpha value is -3.55. The molecular weight excluding hydrogens is 374 g/mol. The van der Waals surface area contributed by atoms with Gasteiger partial charge in [-0.15, -0.1) is 0 Å². The van der Waals surface area contributed by atoms with Crippen LogP contribution >= 0.6 is 0 Å². The van der Waals surface area contributed by atoms with Crippen LogP contribution in [0.1, 0.15) is 39.1 Å². The van der Waals surface area contributed by atoms with E-state index in [0.717, 1.165) is 18.4 Å². The van der Waals surface area contributed by atoms with Crippen molar-refractivity contribution in [1.29, 1.82) is 0 Å². The van der Waals surface area contributed by atoms with Crippen LogP contribution in [0.2, 0.25) is 0 Å². The fourth-order valence-corrected chi connectivity index (χ4v) is 2.89. The van der Waals surface area contributed by atoms with Gasteiger partial charge in [0.15, 0.2) is 11.5 Å². The van der Waals surface area contributed by atoms with Gasteiger partial charge >= 0.3 is 0 Å². The van der Waals surface area contributed by atoms with E-state index in [2.05, 4.69) is 16.0 Å². The first kappa shape index (κ1) is 18.8. The summed E-state index contributed by atoms with van der Waals surface area (Å²) in [4.78, 5) is 36.8. The molecule has 2 aromatic rings. The lowest BCUT2D eigenvalue weighted by Crippen LogP contribution is -2.33. The van der Waals surface area contributed by atoms with Crippen molar-refractivity contribution in [2.24, 2.45) is 0 Å².